The van der Waals surface area contributed by atoms with Crippen LogP contribution in [0.5, 0.6) is 0 Å². The van der Waals surface area contributed by atoms with Gasteiger partial charge in [-0.25, -0.2) is 9.59 Å². The fourth-order valence-corrected chi connectivity index (χ4v) is 3.30. The Balaban J connectivity index is 2.69. The third-order valence-electron chi connectivity index (χ3n) is 3.16. The Bertz CT molecular complexity index is 640. The first-order chi connectivity index (χ1) is 8.82. The number of allylic oxidation sites excluding steroid dienone is 2. The number of ether oxygens (including phenoxy) is 1. The van der Waals surface area contributed by atoms with Crippen LogP contribution in [0.4, 0.5) is 0 Å². The van der Waals surface area contributed by atoms with Crippen LogP contribution in [0.2, 0.25) is 0 Å². The monoisotopic (exact) mass is 276 g/mol. The first kappa shape index (κ1) is 13.7. The van der Waals surface area contributed by atoms with Gasteiger partial charge in [0.15, 0.2) is 0 Å². The molecule has 1 fully saturated rings. The van der Waals surface area contributed by atoms with Crippen molar-refractivity contribution < 1.29 is 14.3 Å². The highest BCUT2D eigenvalue weighted by Crippen LogP contribution is 2.35. The minimum Gasteiger partial charge on any atom is -0.386 e. The number of carbonyl (C=O) groups is 2. The Morgan fingerprint density at radius 1 is 1.05 bits per heavy atom. The largest absolute Gasteiger partial charge is 0.386 e. The molecule has 0 unspecified atom stereocenters. The summed E-state index contributed by atoms with van der Waals surface area (Å²) in [5, 5.41) is 0. The maximum absolute atomic E-state index is 11.9. The van der Waals surface area contributed by atoms with E-state index in [-0.39, 0.29) is 0 Å². The first-order valence-electron chi connectivity index (χ1n) is 6.05. The van der Waals surface area contributed by atoms with Gasteiger partial charge in [0, 0.05) is 9.75 Å². The highest BCUT2D eigenvalue weighted by atomic mass is 32.1. The second-order valence-corrected chi connectivity index (χ2v) is 6.34. The van der Waals surface area contributed by atoms with Crippen LogP contribution in [-0.2, 0) is 14.3 Å². The van der Waals surface area contributed by atoms with Crippen molar-refractivity contribution in [1.29, 1.82) is 0 Å². The second kappa shape index (κ2) is 4.78. The summed E-state index contributed by atoms with van der Waals surface area (Å²) in [4.78, 5) is 26.0. The lowest BCUT2D eigenvalue weighted by Gasteiger charge is -2.05. The number of hydrogen-bond acceptors (Lipinski definition) is 4. The molecule has 0 saturated carbocycles. The van der Waals surface area contributed by atoms with E-state index >= 15 is 0 Å². The van der Waals surface area contributed by atoms with Crippen LogP contribution in [0.25, 0.3) is 5.57 Å². The lowest BCUT2D eigenvalue weighted by Crippen LogP contribution is -1.99. The molecule has 1 aliphatic rings. The Kier molecular flexibility index (Phi) is 3.45. The fraction of sp³-hybridized carbons (Fsp3) is 0.333. The van der Waals surface area contributed by atoms with E-state index in [9.17, 15) is 9.59 Å². The lowest BCUT2D eigenvalue weighted by molar-refractivity contribution is -0.149. The zero-order valence-electron chi connectivity index (χ0n) is 11.7. The molecule has 3 nitrogen and oxygen atoms in total. The maximum Gasteiger partial charge on any atom is 0.347 e. The van der Waals surface area contributed by atoms with Crippen LogP contribution in [0.1, 0.15) is 36.1 Å². The predicted molar refractivity (Wildman–Crippen MR) is 75.9 cm³/mol. The molecule has 0 aliphatic carbocycles. The molecule has 0 amide bonds. The number of rotatable bonds is 1. The molecule has 1 aliphatic heterocycles. The Morgan fingerprint density at radius 3 is 2.11 bits per heavy atom. The predicted octanol–water partition coefficient (Wildman–Crippen LogP) is 3.56. The normalized spacial score (nSPS) is 17.8. The smallest absolute Gasteiger partial charge is 0.347 e. The van der Waals surface area contributed by atoms with Gasteiger partial charge in [-0.3, -0.25) is 0 Å². The van der Waals surface area contributed by atoms with Crippen LogP contribution >= 0.6 is 11.3 Å². The van der Waals surface area contributed by atoms with Gasteiger partial charge in [0.1, 0.15) is 0 Å². The van der Waals surface area contributed by atoms with E-state index < -0.39 is 11.9 Å². The summed E-state index contributed by atoms with van der Waals surface area (Å²) in [6.07, 6.45) is 0. The molecule has 0 spiro atoms. The first-order valence-corrected chi connectivity index (χ1v) is 6.87. The molecule has 1 aromatic rings. The van der Waals surface area contributed by atoms with Crippen molar-refractivity contribution in [1.82, 2.24) is 0 Å². The van der Waals surface area contributed by atoms with E-state index in [0.29, 0.717) is 11.1 Å². The summed E-state index contributed by atoms with van der Waals surface area (Å²) >= 11 is 1.68. The van der Waals surface area contributed by atoms with Crippen LogP contribution in [0, 0.1) is 13.8 Å². The molecule has 1 aromatic heterocycles. The van der Waals surface area contributed by atoms with Gasteiger partial charge in [-0.15, -0.1) is 11.3 Å². The van der Waals surface area contributed by atoms with E-state index in [1.807, 2.05) is 40.7 Å². The van der Waals surface area contributed by atoms with E-state index in [1.54, 1.807) is 11.3 Å². The molecule has 0 bridgehead atoms. The van der Waals surface area contributed by atoms with Gasteiger partial charge in [-0.05, 0) is 51.8 Å². The van der Waals surface area contributed by atoms with Gasteiger partial charge in [0.2, 0.25) is 0 Å². The molecule has 2 heterocycles. The van der Waals surface area contributed by atoms with Crippen LogP contribution in [-0.4, -0.2) is 11.9 Å². The van der Waals surface area contributed by atoms with Gasteiger partial charge in [-0.2, -0.15) is 0 Å². The molecule has 2 rings (SSSR count). The number of aryl methyl sites for hydroxylation is 2. The molecular weight excluding hydrogens is 260 g/mol. The maximum atomic E-state index is 11.9. The minimum absolute atomic E-state index is 0.408. The van der Waals surface area contributed by atoms with Crippen molar-refractivity contribution >= 4 is 28.8 Å². The number of esters is 2. The number of carbonyl (C=O) groups excluding carboxylic acids is 2. The van der Waals surface area contributed by atoms with Crippen molar-refractivity contribution in [3.63, 3.8) is 0 Å². The molecule has 0 aromatic carbocycles. The van der Waals surface area contributed by atoms with Crippen molar-refractivity contribution in [3.8, 4) is 0 Å². The third kappa shape index (κ3) is 2.28. The summed E-state index contributed by atoms with van der Waals surface area (Å²) in [7, 11) is 0. The third-order valence-corrected chi connectivity index (χ3v) is 4.13. The number of cyclic esters (lactones) is 2. The van der Waals surface area contributed by atoms with Gasteiger partial charge in [-0.1, -0.05) is 5.57 Å². The van der Waals surface area contributed by atoms with Crippen molar-refractivity contribution in [2.24, 2.45) is 0 Å². The van der Waals surface area contributed by atoms with E-state index in [4.69, 9.17) is 4.74 Å². The molecular formula is C15H16O3S. The average molecular weight is 276 g/mol. The summed E-state index contributed by atoms with van der Waals surface area (Å²) in [6.45, 7) is 9.54. The molecule has 0 atom stereocenters. The van der Waals surface area contributed by atoms with E-state index in [1.165, 1.54) is 4.88 Å². The highest BCUT2D eigenvalue weighted by molar-refractivity contribution is 7.12. The average Bonchev–Trinajstić information content (AvgIpc) is 2.77. The topological polar surface area (TPSA) is 43.4 Å². The molecule has 100 valence electrons. The molecule has 1 saturated heterocycles. The van der Waals surface area contributed by atoms with E-state index in [0.717, 1.165) is 21.6 Å². The Morgan fingerprint density at radius 2 is 1.63 bits per heavy atom. The zero-order chi connectivity index (χ0) is 14.3. The van der Waals surface area contributed by atoms with Crippen LogP contribution < -0.4 is 0 Å². The van der Waals surface area contributed by atoms with Gasteiger partial charge in [0.25, 0.3) is 0 Å². The minimum atomic E-state index is -0.540. The van der Waals surface area contributed by atoms with E-state index in [2.05, 4.69) is 0 Å². The van der Waals surface area contributed by atoms with Gasteiger partial charge in [0.05, 0.1) is 11.1 Å². The summed E-state index contributed by atoms with van der Waals surface area (Å²) in [5.74, 6) is -1.08. The van der Waals surface area contributed by atoms with Crippen molar-refractivity contribution in [2.45, 2.75) is 34.6 Å². The number of thiophene rings is 1. The standard InChI is InChI=1S/C15H16O3S/c1-7(2)12-13(15(17)18-14(12)16)9(4)11-6-8(3)19-10(11)5/h6H,1-5H3/b13-9+. The van der Waals surface area contributed by atoms with Crippen molar-refractivity contribution in [3.05, 3.63) is 38.1 Å². The fourth-order valence-electron chi connectivity index (χ4n) is 2.32. The van der Waals surface area contributed by atoms with Gasteiger partial charge < -0.3 is 4.74 Å². The molecule has 19 heavy (non-hydrogen) atoms. The van der Waals surface area contributed by atoms with Crippen molar-refractivity contribution in [2.75, 3.05) is 0 Å². The SMILES string of the molecule is CC(C)=C1C(=O)OC(=O)/C1=C(\C)c1cc(C)sc1C. The van der Waals surface area contributed by atoms with Crippen LogP contribution in [0.3, 0.4) is 0 Å². The van der Waals surface area contributed by atoms with Gasteiger partial charge >= 0.3 is 11.9 Å². The summed E-state index contributed by atoms with van der Waals surface area (Å²) in [5.41, 5.74) is 3.45. The Hall–Kier alpha value is -1.68. The Labute approximate surface area is 116 Å². The lowest BCUT2D eigenvalue weighted by atomic mass is 9.95. The number of hydrogen-bond donors (Lipinski definition) is 0. The molecule has 4 heteroatoms. The summed E-state index contributed by atoms with van der Waals surface area (Å²) in [6, 6.07) is 2.04. The highest BCUT2D eigenvalue weighted by Gasteiger charge is 2.36. The zero-order valence-corrected chi connectivity index (χ0v) is 12.5. The van der Waals surface area contributed by atoms with Crippen LogP contribution in [0.15, 0.2) is 22.8 Å². The second-order valence-electron chi connectivity index (χ2n) is 4.88. The molecule has 0 radical (unpaired) electrons. The molecule has 0 N–H and O–H groups in total. The quantitative estimate of drug-likeness (QED) is 0.447. The summed E-state index contributed by atoms with van der Waals surface area (Å²) < 4.78 is 4.75.